The molecule has 0 spiro atoms. The van der Waals surface area contributed by atoms with Crippen molar-refractivity contribution in [3.8, 4) is 0 Å². The van der Waals surface area contributed by atoms with Crippen LogP contribution in [-0.4, -0.2) is 17.7 Å². The van der Waals surface area contributed by atoms with E-state index in [-0.39, 0.29) is 0 Å². The Hall–Kier alpha value is -0.183. The molecule has 0 heterocycles. The first-order valence-corrected chi connectivity index (χ1v) is 4.86. The third-order valence-corrected chi connectivity index (χ3v) is 2.57. The van der Waals surface area contributed by atoms with E-state index in [0.29, 0.717) is 5.92 Å². The van der Waals surface area contributed by atoms with E-state index >= 15 is 0 Å². The van der Waals surface area contributed by atoms with E-state index in [2.05, 4.69) is 55.8 Å². The Labute approximate surface area is 84.6 Å². The average Bonchev–Trinajstić information content (AvgIpc) is 2.17. The molecule has 0 aromatic heterocycles. The molecule has 1 atom stereocenters. The molecule has 12 heavy (non-hydrogen) atoms. The van der Waals surface area contributed by atoms with Crippen molar-refractivity contribution in [2.24, 2.45) is 0 Å². The van der Waals surface area contributed by atoms with Crippen molar-refractivity contribution in [3.05, 3.63) is 35.4 Å². The molecule has 1 aromatic rings. The van der Waals surface area contributed by atoms with Crippen molar-refractivity contribution in [2.75, 3.05) is 0 Å². The molecule has 0 nitrogen and oxygen atoms in total. The summed E-state index contributed by atoms with van der Waals surface area (Å²) < 4.78 is 0. The van der Waals surface area contributed by atoms with Crippen LogP contribution in [0.25, 0.3) is 0 Å². The second kappa shape index (κ2) is 4.75. The van der Waals surface area contributed by atoms with Gasteiger partial charge >= 0.3 is 84.4 Å². The van der Waals surface area contributed by atoms with Crippen molar-refractivity contribution in [1.82, 2.24) is 0 Å². The molecule has 0 fully saturated rings. The van der Waals surface area contributed by atoms with Crippen LogP contribution in [-0.2, 0) is 5.09 Å². The minimum atomic E-state index is 0.705. The molecule has 0 bridgehead atoms. The summed E-state index contributed by atoms with van der Waals surface area (Å²) >= 11 is 2.19. The first-order valence-electron chi connectivity index (χ1n) is 4.86. The standard InChI is InChI=1S/C11H15.Li/c1-4-10(3)11-7-5-9(2)6-8-11;/h5-8,10H,2,4H2,1,3H3;. The first kappa shape index (κ1) is 9.90. The van der Waals surface area contributed by atoms with Gasteiger partial charge in [-0.1, -0.05) is 0 Å². The van der Waals surface area contributed by atoms with Gasteiger partial charge in [0.25, 0.3) is 0 Å². The van der Waals surface area contributed by atoms with Crippen LogP contribution in [0, 0.1) is 0 Å². The van der Waals surface area contributed by atoms with E-state index in [1.807, 2.05) is 0 Å². The summed E-state index contributed by atoms with van der Waals surface area (Å²) in [6, 6.07) is 8.99. The van der Waals surface area contributed by atoms with Crippen LogP contribution in [0.5, 0.6) is 0 Å². The first-order chi connectivity index (χ1) is 5.77. The van der Waals surface area contributed by atoms with Crippen LogP contribution >= 0.6 is 0 Å². The zero-order valence-electron chi connectivity index (χ0n) is 8.30. The molecule has 1 aromatic carbocycles. The summed E-state index contributed by atoms with van der Waals surface area (Å²) in [4.78, 5) is 0. The monoisotopic (exact) mass is 154 g/mol. The van der Waals surface area contributed by atoms with Gasteiger partial charge in [-0.05, 0) is 0 Å². The summed E-state index contributed by atoms with van der Waals surface area (Å²) in [7, 11) is 0. The van der Waals surface area contributed by atoms with Crippen LogP contribution in [0.2, 0.25) is 0 Å². The van der Waals surface area contributed by atoms with E-state index in [9.17, 15) is 0 Å². The number of hydrogen-bond acceptors (Lipinski definition) is 0. The van der Waals surface area contributed by atoms with Gasteiger partial charge in [0, 0.05) is 0 Å². The molecule has 0 radical (unpaired) electrons. The van der Waals surface area contributed by atoms with Gasteiger partial charge in [-0.2, -0.15) is 0 Å². The Balaban J connectivity index is 2.77. The second-order valence-electron chi connectivity index (χ2n) is 3.40. The Morgan fingerprint density at radius 1 is 1.25 bits per heavy atom. The van der Waals surface area contributed by atoms with Gasteiger partial charge in [-0.25, -0.2) is 0 Å². The predicted octanol–water partition coefficient (Wildman–Crippen LogP) is 2.87. The topological polar surface area (TPSA) is 0 Å². The van der Waals surface area contributed by atoms with Crippen molar-refractivity contribution < 1.29 is 0 Å². The normalized spacial score (nSPS) is 13.0. The Kier molecular flexibility index (Phi) is 3.92. The number of benzene rings is 1. The third-order valence-electron chi connectivity index (χ3n) is 2.57. The summed E-state index contributed by atoms with van der Waals surface area (Å²) in [6.45, 7) is 4.51. The van der Waals surface area contributed by atoms with Gasteiger partial charge in [0.2, 0.25) is 0 Å². The molecule has 0 N–H and O–H groups in total. The summed E-state index contributed by atoms with van der Waals surface area (Å²) in [5.41, 5.74) is 2.90. The summed E-state index contributed by atoms with van der Waals surface area (Å²) in [5, 5.41) is 1.14. The molecule has 1 heteroatoms. The van der Waals surface area contributed by atoms with Gasteiger partial charge in [0.15, 0.2) is 0 Å². The Bertz CT molecular complexity index is 225. The SMILES string of the molecule is [Li][CH2]c1ccc(C(C)CC)cc1. The molecule has 1 rings (SSSR count). The predicted molar refractivity (Wildman–Crippen MR) is 54.6 cm³/mol. The fourth-order valence-corrected chi connectivity index (χ4v) is 1.32. The molecular formula is C11H15Li. The van der Waals surface area contributed by atoms with E-state index in [1.54, 1.807) is 0 Å². The van der Waals surface area contributed by atoms with Crippen molar-refractivity contribution in [1.29, 1.82) is 0 Å². The molecule has 0 aliphatic rings. The molecule has 0 saturated heterocycles. The quantitative estimate of drug-likeness (QED) is 0.587. The van der Waals surface area contributed by atoms with E-state index in [1.165, 1.54) is 17.5 Å². The molecule has 0 amide bonds. The van der Waals surface area contributed by atoms with Crippen molar-refractivity contribution in [3.63, 3.8) is 0 Å². The maximum absolute atomic E-state index is 2.28. The van der Waals surface area contributed by atoms with Gasteiger partial charge < -0.3 is 0 Å². The minimum absolute atomic E-state index is 0.705. The number of hydrogen-bond donors (Lipinski definition) is 0. The van der Waals surface area contributed by atoms with Crippen LogP contribution < -0.4 is 0 Å². The summed E-state index contributed by atoms with van der Waals surface area (Å²) in [5.74, 6) is 0.705. The molecule has 0 aliphatic carbocycles. The number of rotatable bonds is 3. The fourth-order valence-electron chi connectivity index (χ4n) is 1.32. The Morgan fingerprint density at radius 2 is 1.83 bits per heavy atom. The molecule has 1 unspecified atom stereocenters. The van der Waals surface area contributed by atoms with E-state index in [4.69, 9.17) is 0 Å². The molecular weight excluding hydrogens is 139 g/mol. The van der Waals surface area contributed by atoms with Crippen LogP contribution in [0.3, 0.4) is 0 Å². The van der Waals surface area contributed by atoms with E-state index in [0.717, 1.165) is 5.09 Å². The van der Waals surface area contributed by atoms with Gasteiger partial charge in [-0.3, -0.25) is 0 Å². The average molecular weight is 154 g/mol. The van der Waals surface area contributed by atoms with Crippen molar-refractivity contribution in [2.45, 2.75) is 31.3 Å². The molecule has 0 saturated carbocycles. The zero-order valence-corrected chi connectivity index (χ0v) is 8.30. The second-order valence-corrected chi connectivity index (χ2v) is 3.40. The maximum atomic E-state index is 2.28. The van der Waals surface area contributed by atoms with E-state index < -0.39 is 0 Å². The van der Waals surface area contributed by atoms with Crippen LogP contribution in [0.1, 0.15) is 37.3 Å². The molecule has 0 aliphatic heterocycles. The van der Waals surface area contributed by atoms with Gasteiger partial charge in [0.1, 0.15) is 0 Å². The van der Waals surface area contributed by atoms with Crippen LogP contribution in [0.15, 0.2) is 24.3 Å². The molecule has 60 valence electrons. The van der Waals surface area contributed by atoms with Crippen LogP contribution in [0.4, 0.5) is 0 Å². The zero-order chi connectivity index (χ0) is 8.97. The fraction of sp³-hybridized carbons (Fsp3) is 0.455. The summed E-state index contributed by atoms with van der Waals surface area (Å²) in [6.07, 6.45) is 1.23. The third kappa shape index (κ3) is 2.40. The van der Waals surface area contributed by atoms with Gasteiger partial charge in [-0.15, -0.1) is 0 Å². The van der Waals surface area contributed by atoms with Gasteiger partial charge in [0.05, 0.1) is 0 Å². The Morgan fingerprint density at radius 3 is 2.25 bits per heavy atom. The van der Waals surface area contributed by atoms with Crippen molar-refractivity contribution >= 4 is 17.7 Å².